The SMILES string of the molecule is O=C(N[C@@H](Cc1ccc(OCCc2cccc(NC3CCCC3)n2)cc1)C(=O)O)c1c(Cl)cccc1Cl. The lowest BCUT2D eigenvalue weighted by molar-refractivity contribution is -0.139. The van der Waals surface area contributed by atoms with Crippen LogP contribution in [0.1, 0.15) is 47.3 Å². The molecule has 1 aromatic heterocycles. The van der Waals surface area contributed by atoms with Gasteiger partial charge in [0.2, 0.25) is 0 Å². The van der Waals surface area contributed by atoms with E-state index in [4.69, 9.17) is 27.9 Å². The smallest absolute Gasteiger partial charge is 0.326 e. The predicted octanol–water partition coefficient (Wildman–Crippen LogP) is 5.79. The summed E-state index contributed by atoms with van der Waals surface area (Å²) in [5, 5.41) is 16.0. The van der Waals surface area contributed by atoms with E-state index >= 15 is 0 Å². The van der Waals surface area contributed by atoms with E-state index in [1.54, 1.807) is 30.3 Å². The van der Waals surface area contributed by atoms with Gasteiger partial charge in [0.1, 0.15) is 17.6 Å². The van der Waals surface area contributed by atoms with Crippen LogP contribution in [-0.4, -0.2) is 40.7 Å². The molecule has 1 amide bonds. The molecule has 1 aliphatic rings. The Morgan fingerprint density at radius 1 is 1.00 bits per heavy atom. The summed E-state index contributed by atoms with van der Waals surface area (Å²) in [4.78, 5) is 29.1. The number of aromatic nitrogens is 1. The van der Waals surface area contributed by atoms with E-state index in [0.29, 0.717) is 24.8 Å². The van der Waals surface area contributed by atoms with Crippen molar-refractivity contribution >= 4 is 40.9 Å². The van der Waals surface area contributed by atoms with Gasteiger partial charge < -0.3 is 20.5 Å². The monoisotopic (exact) mass is 541 g/mol. The third-order valence-corrected chi connectivity index (χ3v) is 6.93. The minimum Gasteiger partial charge on any atom is -0.493 e. The summed E-state index contributed by atoms with van der Waals surface area (Å²) in [6.07, 6.45) is 5.69. The van der Waals surface area contributed by atoms with Crippen molar-refractivity contribution in [1.82, 2.24) is 10.3 Å². The molecule has 0 spiro atoms. The number of hydrogen-bond donors (Lipinski definition) is 3. The van der Waals surface area contributed by atoms with Gasteiger partial charge in [-0.05, 0) is 54.8 Å². The first kappa shape index (κ1) is 26.8. The maximum Gasteiger partial charge on any atom is 0.326 e. The number of rotatable bonds is 11. The minimum absolute atomic E-state index is 0.0511. The first-order valence-corrected chi connectivity index (χ1v) is 13.1. The molecular formula is C28H29Cl2N3O4. The van der Waals surface area contributed by atoms with E-state index in [-0.39, 0.29) is 22.0 Å². The van der Waals surface area contributed by atoms with Gasteiger partial charge in [-0.15, -0.1) is 0 Å². The number of nitrogens with zero attached hydrogens (tertiary/aromatic N) is 1. The molecule has 1 atom stereocenters. The van der Waals surface area contributed by atoms with Crippen LogP contribution in [0.3, 0.4) is 0 Å². The number of carboxylic acid groups (broad SMARTS) is 1. The second kappa shape index (κ2) is 12.8. The van der Waals surface area contributed by atoms with Crippen molar-refractivity contribution in [3.8, 4) is 5.75 Å². The molecule has 3 N–H and O–H groups in total. The molecule has 194 valence electrons. The molecule has 0 radical (unpaired) electrons. The van der Waals surface area contributed by atoms with Crippen molar-refractivity contribution < 1.29 is 19.4 Å². The van der Waals surface area contributed by atoms with Gasteiger partial charge >= 0.3 is 5.97 Å². The summed E-state index contributed by atoms with van der Waals surface area (Å²) >= 11 is 12.1. The van der Waals surface area contributed by atoms with Gasteiger partial charge in [0, 0.05) is 24.6 Å². The van der Waals surface area contributed by atoms with Crippen molar-refractivity contribution in [3.05, 3.63) is 87.5 Å². The number of carboxylic acids is 1. The van der Waals surface area contributed by atoms with Crippen molar-refractivity contribution in [1.29, 1.82) is 0 Å². The fourth-order valence-electron chi connectivity index (χ4n) is 4.35. The number of pyridine rings is 1. The zero-order chi connectivity index (χ0) is 26.2. The molecule has 3 aromatic rings. The number of halogens is 2. The number of amides is 1. The van der Waals surface area contributed by atoms with Gasteiger partial charge in [-0.1, -0.05) is 60.3 Å². The van der Waals surface area contributed by atoms with E-state index in [0.717, 1.165) is 17.1 Å². The van der Waals surface area contributed by atoms with E-state index < -0.39 is 17.9 Å². The average molecular weight is 542 g/mol. The first-order valence-electron chi connectivity index (χ1n) is 12.3. The fraction of sp³-hybridized carbons (Fsp3) is 0.321. The highest BCUT2D eigenvalue weighted by atomic mass is 35.5. The number of carbonyl (C=O) groups is 2. The molecule has 0 saturated heterocycles. The molecule has 0 bridgehead atoms. The Labute approximate surface area is 226 Å². The van der Waals surface area contributed by atoms with Crippen LogP contribution in [0.5, 0.6) is 5.75 Å². The standard InChI is InChI=1S/C28H29Cl2N3O4/c29-22-8-4-9-23(30)26(22)27(34)33-24(28(35)36)17-18-11-13-21(14-12-18)37-16-15-20-7-3-10-25(32-20)31-19-5-1-2-6-19/h3-4,7-14,19,24H,1-2,5-6,15-17H2,(H,31,32)(H,33,34)(H,35,36)/t24-/m0/s1. The zero-order valence-corrected chi connectivity index (χ0v) is 21.8. The lowest BCUT2D eigenvalue weighted by Crippen LogP contribution is -2.42. The molecule has 1 heterocycles. The molecule has 7 nitrogen and oxygen atoms in total. The van der Waals surface area contributed by atoms with E-state index in [2.05, 4.69) is 15.6 Å². The summed E-state index contributed by atoms with van der Waals surface area (Å²) in [5.74, 6) is -0.221. The van der Waals surface area contributed by atoms with Crippen LogP contribution in [0.15, 0.2) is 60.7 Å². The van der Waals surface area contributed by atoms with E-state index in [9.17, 15) is 14.7 Å². The maximum atomic E-state index is 12.6. The second-order valence-electron chi connectivity index (χ2n) is 9.05. The molecule has 4 rings (SSSR count). The summed E-state index contributed by atoms with van der Waals surface area (Å²) in [6, 6.07) is 17.2. The van der Waals surface area contributed by atoms with Crippen LogP contribution in [-0.2, 0) is 17.6 Å². The molecule has 1 fully saturated rings. The summed E-state index contributed by atoms with van der Waals surface area (Å²) < 4.78 is 5.86. The molecular weight excluding hydrogens is 513 g/mol. The van der Waals surface area contributed by atoms with Crippen LogP contribution in [0.4, 0.5) is 5.82 Å². The van der Waals surface area contributed by atoms with Crippen LogP contribution >= 0.6 is 23.2 Å². The quantitative estimate of drug-likeness (QED) is 0.284. The van der Waals surface area contributed by atoms with Crippen LogP contribution in [0.2, 0.25) is 10.0 Å². The highest BCUT2D eigenvalue weighted by Gasteiger charge is 2.24. The van der Waals surface area contributed by atoms with Gasteiger partial charge in [-0.3, -0.25) is 4.79 Å². The largest absolute Gasteiger partial charge is 0.493 e. The highest BCUT2D eigenvalue weighted by Crippen LogP contribution is 2.25. The Morgan fingerprint density at radius 3 is 2.35 bits per heavy atom. The number of aliphatic carboxylic acids is 1. The van der Waals surface area contributed by atoms with Crippen LogP contribution in [0, 0.1) is 0 Å². The zero-order valence-electron chi connectivity index (χ0n) is 20.3. The van der Waals surface area contributed by atoms with Gasteiger partial charge in [-0.2, -0.15) is 0 Å². The lowest BCUT2D eigenvalue weighted by atomic mass is 10.1. The number of ether oxygens (including phenoxy) is 1. The second-order valence-corrected chi connectivity index (χ2v) is 9.86. The summed E-state index contributed by atoms with van der Waals surface area (Å²) in [5.41, 5.74) is 1.74. The summed E-state index contributed by atoms with van der Waals surface area (Å²) in [7, 11) is 0. The average Bonchev–Trinajstić information content (AvgIpc) is 3.38. The predicted molar refractivity (Wildman–Crippen MR) is 145 cm³/mol. The van der Waals surface area contributed by atoms with Gasteiger partial charge in [0.05, 0.1) is 22.2 Å². The topological polar surface area (TPSA) is 101 Å². The molecule has 0 aliphatic heterocycles. The normalized spacial score (nSPS) is 14.2. The number of hydrogen-bond acceptors (Lipinski definition) is 5. The van der Waals surface area contributed by atoms with Crippen molar-refractivity contribution in [2.75, 3.05) is 11.9 Å². The number of anilines is 1. The van der Waals surface area contributed by atoms with Gasteiger partial charge in [0.25, 0.3) is 5.91 Å². The van der Waals surface area contributed by atoms with Gasteiger partial charge in [-0.25, -0.2) is 9.78 Å². The van der Waals surface area contributed by atoms with Gasteiger partial charge in [0.15, 0.2) is 0 Å². The minimum atomic E-state index is -1.16. The Kier molecular flexibility index (Phi) is 9.25. The van der Waals surface area contributed by atoms with E-state index in [1.807, 2.05) is 18.2 Å². The van der Waals surface area contributed by atoms with Crippen molar-refractivity contribution in [2.24, 2.45) is 0 Å². The Hall–Kier alpha value is -3.29. The molecule has 9 heteroatoms. The van der Waals surface area contributed by atoms with Crippen molar-refractivity contribution in [3.63, 3.8) is 0 Å². The lowest BCUT2D eigenvalue weighted by Gasteiger charge is -2.16. The number of nitrogens with one attached hydrogen (secondary N) is 2. The third-order valence-electron chi connectivity index (χ3n) is 6.30. The number of benzene rings is 2. The van der Waals surface area contributed by atoms with Crippen LogP contribution in [0.25, 0.3) is 0 Å². The Bertz CT molecular complexity index is 1210. The molecule has 37 heavy (non-hydrogen) atoms. The van der Waals surface area contributed by atoms with Crippen molar-refractivity contribution in [2.45, 2.75) is 50.6 Å². The van der Waals surface area contributed by atoms with Crippen LogP contribution < -0.4 is 15.4 Å². The fourth-order valence-corrected chi connectivity index (χ4v) is 4.92. The molecule has 1 saturated carbocycles. The highest BCUT2D eigenvalue weighted by molar-refractivity contribution is 6.39. The number of carbonyl (C=O) groups excluding carboxylic acids is 1. The Balaban J connectivity index is 1.28. The Morgan fingerprint density at radius 2 is 1.68 bits per heavy atom. The summed E-state index contributed by atoms with van der Waals surface area (Å²) in [6.45, 7) is 0.464. The molecule has 1 aliphatic carbocycles. The third kappa shape index (κ3) is 7.60. The van der Waals surface area contributed by atoms with E-state index in [1.165, 1.54) is 37.8 Å². The first-order chi connectivity index (χ1) is 17.9. The molecule has 0 unspecified atom stereocenters. The maximum absolute atomic E-state index is 12.6. The molecule has 2 aromatic carbocycles.